The van der Waals surface area contributed by atoms with Gasteiger partial charge in [0.15, 0.2) is 0 Å². The molecular formula is C20H28N4O3S. The lowest BCUT2D eigenvalue weighted by Gasteiger charge is -2.21. The van der Waals surface area contributed by atoms with Crippen LogP contribution in [0.3, 0.4) is 0 Å². The van der Waals surface area contributed by atoms with Crippen LogP contribution in [0.5, 0.6) is 0 Å². The zero-order valence-electron chi connectivity index (χ0n) is 16.3. The van der Waals surface area contributed by atoms with Crippen molar-refractivity contribution >= 4 is 21.9 Å². The Hall–Kier alpha value is -1.64. The summed E-state index contributed by atoms with van der Waals surface area (Å²) in [6, 6.07) is 1.66. The Bertz CT molecular complexity index is 884. The molecule has 8 heteroatoms. The number of hydrogen-bond acceptors (Lipinski definition) is 4. The normalized spacial score (nSPS) is 26.9. The Balaban J connectivity index is 1.31. The number of aryl methyl sites for hydroxylation is 2. The number of anilines is 1. The summed E-state index contributed by atoms with van der Waals surface area (Å²) in [6.45, 7) is 2.83. The van der Waals surface area contributed by atoms with Crippen LogP contribution < -0.4 is 10.0 Å². The first-order valence-electron chi connectivity index (χ1n) is 10.3. The molecule has 2 heterocycles. The van der Waals surface area contributed by atoms with Crippen molar-refractivity contribution in [2.24, 2.45) is 11.8 Å². The fourth-order valence-corrected chi connectivity index (χ4v) is 6.86. The van der Waals surface area contributed by atoms with E-state index in [-0.39, 0.29) is 0 Å². The molecule has 0 bridgehead atoms. The van der Waals surface area contributed by atoms with Crippen molar-refractivity contribution in [2.45, 2.75) is 38.5 Å². The van der Waals surface area contributed by atoms with Crippen molar-refractivity contribution in [3.05, 3.63) is 28.3 Å². The minimum Gasteiger partial charge on any atom is -0.307 e. The van der Waals surface area contributed by atoms with Crippen LogP contribution in [0.25, 0.3) is 0 Å². The van der Waals surface area contributed by atoms with Gasteiger partial charge in [0.1, 0.15) is 0 Å². The van der Waals surface area contributed by atoms with Crippen LogP contribution in [0, 0.1) is 11.8 Å². The molecule has 2 unspecified atom stereocenters. The van der Waals surface area contributed by atoms with Crippen LogP contribution in [-0.2, 0) is 35.9 Å². The van der Waals surface area contributed by atoms with E-state index in [2.05, 4.69) is 28.1 Å². The van der Waals surface area contributed by atoms with Gasteiger partial charge in [-0.05, 0) is 79.7 Å². The van der Waals surface area contributed by atoms with E-state index in [1.54, 1.807) is 0 Å². The molecule has 2 aliphatic carbocycles. The zero-order valence-corrected chi connectivity index (χ0v) is 17.1. The highest BCUT2D eigenvalue weighted by Crippen LogP contribution is 2.38. The van der Waals surface area contributed by atoms with Crippen LogP contribution in [0.2, 0.25) is 0 Å². The molecule has 2 N–H and O–H groups in total. The van der Waals surface area contributed by atoms with Crippen LogP contribution in [0.15, 0.2) is 6.07 Å². The summed E-state index contributed by atoms with van der Waals surface area (Å²) in [5.74, 6) is 0.732. The molecule has 2 aliphatic heterocycles. The quantitative estimate of drug-likeness (QED) is 0.800. The SMILES string of the molecule is CN1CC2CN(S(=O)(=O)NC(=O)Nc3c4c(cc5c3CCC5)CCC4)CC2C1. The van der Waals surface area contributed by atoms with Gasteiger partial charge in [0.25, 0.3) is 0 Å². The predicted octanol–water partition coefficient (Wildman–Crippen LogP) is 1.52. The second kappa shape index (κ2) is 6.71. The number of nitrogens with zero attached hydrogens (tertiary/aromatic N) is 2. The van der Waals surface area contributed by atoms with Crippen molar-refractivity contribution in [3.8, 4) is 0 Å². The third-order valence-corrected chi connectivity index (χ3v) is 8.33. The molecule has 1 aromatic rings. The van der Waals surface area contributed by atoms with Crippen LogP contribution in [0.4, 0.5) is 10.5 Å². The average molecular weight is 405 g/mol. The Morgan fingerprint density at radius 1 is 0.964 bits per heavy atom. The molecule has 152 valence electrons. The Kier molecular flexibility index (Phi) is 4.41. The molecular weight excluding hydrogens is 376 g/mol. The number of nitrogens with one attached hydrogen (secondary N) is 2. The van der Waals surface area contributed by atoms with E-state index >= 15 is 0 Å². The van der Waals surface area contributed by atoms with Gasteiger partial charge in [0, 0.05) is 31.9 Å². The fraction of sp³-hybridized carbons (Fsp3) is 0.650. The number of hydrogen-bond donors (Lipinski definition) is 2. The van der Waals surface area contributed by atoms with Gasteiger partial charge in [-0.2, -0.15) is 12.7 Å². The van der Waals surface area contributed by atoms with Crippen molar-refractivity contribution in [1.82, 2.24) is 13.9 Å². The largest absolute Gasteiger partial charge is 0.333 e. The molecule has 2 saturated heterocycles. The van der Waals surface area contributed by atoms with E-state index in [0.29, 0.717) is 24.9 Å². The second-order valence-corrected chi connectivity index (χ2v) is 10.5. The molecule has 0 radical (unpaired) electrons. The first-order chi connectivity index (χ1) is 13.4. The number of amides is 2. The highest BCUT2D eigenvalue weighted by Gasteiger charge is 2.43. The maximum atomic E-state index is 12.8. The minimum atomic E-state index is -3.81. The van der Waals surface area contributed by atoms with E-state index < -0.39 is 16.2 Å². The number of urea groups is 1. The number of carbonyl (C=O) groups excluding carboxylic acids is 1. The van der Waals surface area contributed by atoms with Crippen LogP contribution >= 0.6 is 0 Å². The van der Waals surface area contributed by atoms with Crippen molar-refractivity contribution < 1.29 is 13.2 Å². The molecule has 2 amide bonds. The summed E-state index contributed by atoms with van der Waals surface area (Å²) in [5, 5.41) is 2.92. The van der Waals surface area contributed by atoms with E-state index in [0.717, 1.165) is 57.3 Å². The smallest absolute Gasteiger partial charge is 0.307 e. The van der Waals surface area contributed by atoms with Crippen molar-refractivity contribution in [1.29, 1.82) is 0 Å². The lowest BCUT2D eigenvalue weighted by atomic mass is 9.99. The van der Waals surface area contributed by atoms with Gasteiger partial charge in [-0.3, -0.25) is 0 Å². The number of fused-ring (bicyclic) bond motifs is 3. The van der Waals surface area contributed by atoms with Crippen LogP contribution in [0.1, 0.15) is 35.1 Å². The predicted molar refractivity (Wildman–Crippen MR) is 108 cm³/mol. The molecule has 0 aromatic heterocycles. The van der Waals surface area contributed by atoms with E-state index in [1.165, 1.54) is 26.6 Å². The highest BCUT2D eigenvalue weighted by atomic mass is 32.2. The molecule has 0 spiro atoms. The summed E-state index contributed by atoms with van der Waals surface area (Å²) in [5.41, 5.74) is 5.90. The highest BCUT2D eigenvalue weighted by molar-refractivity contribution is 7.87. The van der Waals surface area contributed by atoms with E-state index in [1.807, 2.05) is 0 Å². The third kappa shape index (κ3) is 3.11. The Labute approximate surface area is 166 Å². The molecule has 2 fully saturated rings. The molecule has 28 heavy (non-hydrogen) atoms. The lowest BCUT2D eigenvalue weighted by Crippen LogP contribution is -2.45. The van der Waals surface area contributed by atoms with Gasteiger partial charge in [-0.15, -0.1) is 0 Å². The van der Waals surface area contributed by atoms with Crippen molar-refractivity contribution in [2.75, 3.05) is 38.5 Å². The molecule has 4 aliphatic rings. The van der Waals surface area contributed by atoms with E-state index in [9.17, 15) is 13.2 Å². The number of carbonyl (C=O) groups is 1. The summed E-state index contributed by atoms with van der Waals surface area (Å²) >= 11 is 0. The van der Waals surface area contributed by atoms with Gasteiger partial charge < -0.3 is 10.2 Å². The zero-order chi connectivity index (χ0) is 19.5. The van der Waals surface area contributed by atoms with Crippen LogP contribution in [-0.4, -0.2) is 56.9 Å². The molecule has 1 aromatic carbocycles. The number of benzene rings is 1. The molecule has 2 atom stereocenters. The van der Waals surface area contributed by atoms with Gasteiger partial charge in [-0.25, -0.2) is 9.52 Å². The van der Waals surface area contributed by atoms with Crippen molar-refractivity contribution in [3.63, 3.8) is 0 Å². The monoisotopic (exact) mass is 404 g/mol. The summed E-state index contributed by atoms with van der Waals surface area (Å²) in [7, 11) is -1.75. The Morgan fingerprint density at radius 2 is 1.54 bits per heavy atom. The van der Waals surface area contributed by atoms with Gasteiger partial charge in [0.05, 0.1) is 0 Å². The standard InChI is InChI=1S/C20H28N4O3S/c1-23-9-15-11-24(12-16(15)10-23)28(26,27)22-20(25)21-19-17-6-2-4-13(17)8-14-5-3-7-18(14)19/h8,15-16H,2-7,9-12H2,1H3,(H2,21,22,25). The fourth-order valence-electron chi connectivity index (χ4n) is 5.67. The number of rotatable bonds is 3. The average Bonchev–Trinajstić information content (AvgIpc) is 3.35. The number of likely N-dealkylation sites (tertiary alicyclic amines) is 1. The summed E-state index contributed by atoms with van der Waals surface area (Å²) in [6.07, 6.45) is 6.18. The lowest BCUT2D eigenvalue weighted by molar-refractivity contribution is 0.255. The van der Waals surface area contributed by atoms with Gasteiger partial charge in [-0.1, -0.05) is 6.07 Å². The topological polar surface area (TPSA) is 81.8 Å². The summed E-state index contributed by atoms with van der Waals surface area (Å²) in [4.78, 5) is 14.9. The molecule has 7 nitrogen and oxygen atoms in total. The molecule has 0 saturated carbocycles. The first kappa shape index (κ1) is 18.4. The Morgan fingerprint density at radius 3 is 2.11 bits per heavy atom. The van der Waals surface area contributed by atoms with Gasteiger partial charge >= 0.3 is 16.2 Å². The van der Waals surface area contributed by atoms with Gasteiger partial charge in [0.2, 0.25) is 0 Å². The maximum absolute atomic E-state index is 12.8. The minimum absolute atomic E-state index is 0.366. The second-order valence-electron chi connectivity index (χ2n) is 8.85. The van der Waals surface area contributed by atoms with E-state index in [4.69, 9.17) is 0 Å². The molecule has 5 rings (SSSR count). The maximum Gasteiger partial charge on any atom is 0.333 e. The summed E-state index contributed by atoms with van der Waals surface area (Å²) < 4.78 is 29.2. The first-order valence-corrected chi connectivity index (χ1v) is 11.8. The third-order valence-electron chi connectivity index (χ3n) is 6.91.